The molecule has 0 aliphatic carbocycles. The molecule has 1 aliphatic heterocycles. The van der Waals surface area contributed by atoms with E-state index >= 15 is 0 Å². The monoisotopic (exact) mass is 736 g/mol. The molecule has 2 aromatic heterocycles. The molecule has 50 heavy (non-hydrogen) atoms. The molecule has 0 saturated heterocycles. The number of anilines is 2. The molecule has 0 fully saturated rings. The molecule has 5 rings (SSSR count). The molecule has 1 unspecified atom stereocenters. The lowest BCUT2D eigenvalue weighted by Gasteiger charge is -2.33. The Hall–Kier alpha value is -3.61. The smallest absolute Gasteiger partial charge is 0.311 e. The number of benzene rings is 2. The van der Waals surface area contributed by atoms with Crippen LogP contribution in [0, 0.1) is 10.8 Å². The Morgan fingerprint density at radius 1 is 1.00 bits per heavy atom. The number of carboxylic acids is 1. The quantitative estimate of drug-likeness (QED) is 0.161. The third-order valence-electron chi connectivity index (χ3n) is 8.82. The van der Waals surface area contributed by atoms with E-state index in [4.69, 9.17) is 14.7 Å². The summed E-state index contributed by atoms with van der Waals surface area (Å²) in [6, 6.07) is 21.6. The number of hydrogen-bond donors (Lipinski definition) is 2. The van der Waals surface area contributed by atoms with Crippen LogP contribution < -0.4 is 14.4 Å². The van der Waals surface area contributed by atoms with Crippen LogP contribution >= 0.6 is 23.3 Å². The van der Waals surface area contributed by atoms with Crippen LogP contribution in [0.3, 0.4) is 0 Å². The number of rotatable bonds is 9. The maximum atomic E-state index is 13.4. The Bertz CT molecular complexity index is 1890. The molecular formula is C38H48N4O5S3. The van der Waals surface area contributed by atoms with Crippen molar-refractivity contribution >= 4 is 50.0 Å². The van der Waals surface area contributed by atoms with Crippen LogP contribution in [0.15, 0.2) is 71.8 Å². The van der Waals surface area contributed by atoms with E-state index in [0.717, 1.165) is 39.4 Å². The molecular weight excluding hydrogens is 689 g/mol. The fourth-order valence-corrected chi connectivity index (χ4v) is 8.94. The zero-order valence-electron chi connectivity index (χ0n) is 29.6. The number of sulfone groups is 1. The fourth-order valence-electron chi connectivity index (χ4n) is 5.99. The van der Waals surface area contributed by atoms with Gasteiger partial charge in [-0.2, -0.15) is 0 Å². The Balaban J connectivity index is 1.53. The van der Waals surface area contributed by atoms with Crippen LogP contribution in [0.5, 0.6) is 5.75 Å². The van der Waals surface area contributed by atoms with E-state index in [0.29, 0.717) is 54.8 Å². The first-order valence-electron chi connectivity index (χ1n) is 17.2. The Morgan fingerprint density at radius 2 is 1.78 bits per heavy atom. The first kappa shape index (κ1) is 37.6. The molecule has 0 spiro atoms. The normalized spacial score (nSPS) is 16.4. The van der Waals surface area contributed by atoms with Crippen LogP contribution in [0.25, 0.3) is 21.7 Å². The zero-order chi connectivity index (χ0) is 35.9. The molecule has 0 radical (unpaired) electrons. The summed E-state index contributed by atoms with van der Waals surface area (Å²) in [4.78, 5) is 25.2. The Labute approximate surface area is 305 Å². The van der Waals surface area contributed by atoms with E-state index in [1.807, 2.05) is 78.6 Å². The maximum absolute atomic E-state index is 13.4. The van der Waals surface area contributed by atoms with Crippen LogP contribution in [0.4, 0.5) is 10.9 Å². The summed E-state index contributed by atoms with van der Waals surface area (Å²) in [6.45, 7) is 11.5. The largest absolute Gasteiger partial charge is 0.494 e. The predicted molar refractivity (Wildman–Crippen MR) is 206 cm³/mol. The Morgan fingerprint density at radius 3 is 2.54 bits per heavy atom. The molecule has 4 aromatic rings. The highest BCUT2D eigenvalue weighted by Crippen LogP contribution is 2.42. The minimum atomic E-state index is -3.42. The van der Waals surface area contributed by atoms with Crippen LogP contribution in [0.2, 0.25) is 0 Å². The van der Waals surface area contributed by atoms with Crippen molar-refractivity contribution in [3.63, 3.8) is 0 Å². The van der Waals surface area contributed by atoms with Crippen LogP contribution in [0.1, 0.15) is 65.9 Å². The summed E-state index contributed by atoms with van der Waals surface area (Å²) in [6.07, 6.45) is 2.84. The van der Waals surface area contributed by atoms with Gasteiger partial charge >= 0.3 is 5.97 Å². The van der Waals surface area contributed by atoms with E-state index < -0.39 is 21.2 Å². The number of ether oxygens (including phenoxy) is 1. The molecule has 1 aliphatic rings. The van der Waals surface area contributed by atoms with Crippen LogP contribution in [-0.4, -0.2) is 60.7 Å². The van der Waals surface area contributed by atoms with Crippen molar-refractivity contribution in [1.82, 2.24) is 9.97 Å². The molecule has 1 atom stereocenters. The third kappa shape index (κ3) is 10.0. The highest BCUT2D eigenvalue weighted by molar-refractivity contribution is 8.00. The van der Waals surface area contributed by atoms with E-state index in [-0.39, 0.29) is 23.5 Å². The predicted octanol–water partition coefficient (Wildman–Crippen LogP) is 8.86. The van der Waals surface area contributed by atoms with Gasteiger partial charge in [-0.15, -0.1) is 0 Å². The second-order valence-electron chi connectivity index (χ2n) is 14.4. The molecule has 2 N–H and O–H groups in total. The number of carboxylic acid groups (broad SMARTS) is 1. The third-order valence-corrected chi connectivity index (χ3v) is 12.4. The summed E-state index contributed by atoms with van der Waals surface area (Å²) < 4.78 is 36.4. The lowest BCUT2D eigenvalue weighted by molar-refractivity contribution is -0.147. The summed E-state index contributed by atoms with van der Waals surface area (Å²) in [7, 11) is -3.42. The second-order valence-corrected chi connectivity index (χ2v) is 18.5. The number of aliphatic carboxylic acids is 1. The minimum absolute atomic E-state index is 0.00203. The van der Waals surface area contributed by atoms with Gasteiger partial charge in [0.15, 0.2) is 15.0 Å². The fraction of sp³-hybridized carbons (Fsp3) is 0.447. The summed E-state index contributed by atoms with van der Waals surface area (Å²) in [5, 5.41) is 11.5. The number of aryl methyl sites for hydroxylation is 1. The van der Waals surface area contributed by atoms with Crippen molar-refractivity contribution in [3.05, 3.63) is 72.3 Å². The Kier molecular flexibility index (Phi) is 12.2. The van der Waals surface area contributed by atoms with Gasteiger partial charge in [0.1, 0.15) is 16.6 Å². The molecule has 9 nitrogen and oxygen atoms in total. The molecule has 3 heterocycles. The molecule has 4 bridgehead atoms. The topological polar surface area (TPSA) is 122 Å². The van der Waals surface area contributed by atoms with Crippen molar-refractivity contribution in [2.45, 2.75) is 71.7 Å². The second kappa shape index (κ2) is 16.2. The van der Waals surface area contributed by atoms with E-state index in [1.165, 1.54) is 23.3 Å². The van der Waals surface area contributed by atoms with Crippen molar-refractivity contribution in [2.75, 3.05) is 40.8 Å². The van der Waals surface area contributed by atoms with E-state index in [9.17, 15) is 18.3 Å². The molecule has 12 heteroatoms. The summed E-state index contributed by atoms with van der Waals surface area (Å²) in [5.41, 5.74) is 2.70. The van der Waals surface area contributed by atoms with Crippen molar-refractivity contribution in [1.29, 1.82) is 0 Å². The molecule has 0 amide bonds. The van der Waals surface area contributed by atoms with Gasteiger partial charge in [-0.05, 0) is 73.4 Å². The van der Waals surface area contributed by atoms with Gasteiger partial charge in [-0.1, -0.05) is 87.9 Å². The van der Waals surface area contributed by atoms with Gasteiger partial charge in [-0.3, -0.25) is 4.79 Å². The number of nitrogens with one attached hydrogen (secondary N) is 1. The average Bonchev–Trinajstić information content (AvgIpc) is 3.50. The lowest BCUT2D eigenvalue weighted by atomic mass is 9.85. The van der Waals surface area contributed by atoms with Gasteiger partial charge in [0, 0.05) is 30.6 Å². The van der Waals surface area contributed by atoms with Gasteiger partial charge in [0.2, 0.25) is 0 Å². The number of aromatic nitrogens is 2. The van der Waals surface area contributed by atoms with Gasteiger partial charge in [0.05, 0.1) is 34.1 Å². The highest BCUT2D eigenvalue weighted by Gasteiger charge is 2.35. The van der Waals surface area contributed by atoms with Crippen molar-refractivity contribution in [3.8, 4) is 27.4 Å². The summed E-state index contributed by atoms with van der Waals surface area (Å²) >= 11 is 2.86. The van der Waals surface area contributed by atoms with E-state index in [2.05, 4.69) is 25.5 Å². The van der Waals surface area contributed by atoms with Gasteiger partial charge in [-0.25, -0.2) is 18.4 Å². The number of carbonyl (C=O) groups is 1. The van der Waals surface area contributed by atoms with Crippen LogP contribution in [-0.2, 0) is 21.1 Å². The molecule has 2 aromatic carbocycles. The standard InChI is InChI=1S/C38H48N4O5S3/c1-6-19-38(5,35(43)44)26-42-21-11-23-50(45,46)24-18-27-12-7-8-15-30(27)33-34(28-13-9-14-29(25-28)47-22-20-37(2,3)4)48-36(40-33)41-49-32-17-10-16-31(42)39-32/h7-10,12-17,25H,6,11,18-24,26H2,1-5H3,(H,40,41)(H,43,44). The zero-order valence-corrected chi connectivity index (χ0v) is 32.0. The van der Waals surface area contributed by atoms with E-state index in [1.54, 1.807) is 6.92 Å². The highest BCUT2D eigenvalue weighted by atomic mass is 32.2. The first-order chi connectivity index (χ1) is 23.7. The molecule has 0 saturated carbocycles. The SMILES string of the molecule is CCCC(C)(CN1CCCS(=O)(=O)CCc2ccccc2-c2nc(sc2-c2cccc(OCCC(C)(C)C)c2)NSc2cccc1n2)C(=O)O. The number of nitrogens with zero attached hydrogens (tertiary/aromatic N) is 3. The number of fused-ring (bicyclic) bond motifs is 6. The number of hydrogen-bond acceptors (Lipinski definition) is 10. The number of pyridine rings is 1. The molecule has 268 valence electrons. The summed E-state index contributed by atoms with van der Waals surface area (Å²) in [5.74, 6) is 0.509. The minimum Gasteiger partial charge on any atom is -0.494 e. The van der Waals surface area contributed by atoms with Crippen molar-refractivity contribution < 1.29 is 23.1 Å². The average molecular weight is 737 g/mol. The lowest BCUT2D eigenvalue weighted by Crippen LogP contribution is -2.42. The van der Waals surface area contributed by atoms with Crippen molar-refractivity contribution in [2.24, 2.45) is 10.8 Å². The maximum Gasteiger partial charge on any atom is 0.311 e. The number of thiazole rings is 1. The first-order valence-corrected chi connectivity index (χ1v) is 20.6. The van der Waals surface area contributed by atoms with Gasteiger partial charge < -0.3 is 19.5 Å². The van der Waals surface area contributed by atoms with Gasteiger partial charge in [0.25, 0.3) is 0 Å².